The highest BCUT2D eigenvalue weighted by atomic mass is 32.2. The zero-order chi connectivity index (χ0) is 17.1. The fourth-order valence-corrected chi connectivity index (χ4v) is 3.77. The number of fused-ring (bicyclic) bond motifs is 1. The lowest BCUT2D eigenvalue weighted by atomic mass is 10.0. The number of hydrogen-bond acceptors (Lipinski definition) is 3. The maximum Gasteiger partial charge on any atom is 0.0716 e. The van der Waals surface area contributed by atoms with Gasteiger partial charge in [-0.05, 0) is 50.8 Å². The first-order valence-electron chi connectivity index (χ1n) is 8.11. The molecule has 122 valence electrons. The average Bonchev–Trinajstić information content (AvgIpc) is 2.57. The highest BCUT2D eigenvalue weighted by Gasteiger charge is 2.12. The van der Waals surface area contributed by atoms with E-state index in [4.69, 9.17) is 9.98 Å². The van der Waals surface area contributed by atoms with Gasteiger partial charge in [0.25, 0.3) is 0 Å². The summed E-state index contributed by atoms with van der Waals surface area (Å²) in [6.07, 6.45) is 2.96. The molecule has 0 bridgehead atoms. The third kappa shape index (κ3) is 3.51. The lowest BCUT2D eigenvalue weighted by molar-refractivity contribution is 1.10. The molecule has 0 spiro atoms. The van der Waals surface area contributed by atoms with Crippen LogP contribution in [-0.4, -0.2) is 17.0 Å². The number of hydrogen-bond donors (Lipinski definition) is 0. The Morgan fingerprint density at radius 1 is 1.04 bits per heavy atom. The van der Waals surface area contributed by atoms with Crippen LogP contribution in [0.2, 0.25) is 0 Å². The van der Waals surface area contributed by atoms with Gasteiger partial charge in [-0.1, -0.05) is 35.9 Å². The first kappa shape index (κ1) is 16.7. The molecule has 1 aromatic heterocycles. The molecule has 0 radical (unpaired) electrons. The molecule has 0 aliphatic rings. The first-order valence-corrected chi connectivity index (χ1v) is 9.34. The number of nitrogens with zero attached hydrogens (tertiary/aromatic N) is 2. The van der Waals surface area contributed by atoms with Crippen molar-refractivity contribution in [2.24, 2.45) is 4.99 Å². The highest BCUT2D eigenvalue weighted by Crippen LogP contribution is 2.31. The van der Waals surface area contributed by atoms with Crippen LogP contribution in [-0.2, 0) is 6.42 Å². The minimum atomic E-state index is 0.827. The summed E-state index contributed by atoms with van der Waals surface area (Å²) >= 11 is 1.79. The van der Waals surface area contributed by atoms with Crippen molar-refractivity contribution in [1.29, 1.82) is 0 Å². The fraction of sp³-hybridized carbons (Fsp3) is 0.238. The molecule has 0 aliphatic heterocycles. The van der Waals surface area contributed by atoms with E-state index in [9.17, 15) is 0 Å². The van der Waals surface area contributed by atoms with Crippen LogP contribution in [0, 0.1) is 13.8 Å². The molecule has 0 saturated carbocycles. The molecule has 0 fully saturated rings. The summed E-state index contributed by atoms with van der Waals surface area (Å²) < 4.78 is 0. The molecule has 0 unspecified atom stereocenters. The molecule has 0 aliphatic carbocycles. The number of benzene rings is 2. The molecule has 3 rings (SSSR count). The second kappa shape index (κ2) is 7.18. The fourth-order valence-electron chi connectivity index (χ4n) is 2.91. The Bertz CT molecular complexity index is 896. The van der Waals surface area contributed by atoms with Gasteiger partial charge in [-0.2, -0.15) is 0 Å². The Morgan fingerprint density at radius 2 is 1.75 bits per heavy atom. The van der Waals surface area contributed by atoms with Crippen LogP contribution in [0.4, 0.5) is 5.69 Å². The minimum absolute atomic E-state index is 0.827. The molecule has 24 heavy (non-hydrogen) atoms. The predicted molar refractivity (Wildman–Crippen MR) is 106 cm³/mol. The monoisotopic (exact) mass is 334 g/mol. The van der Waals surface area contributed by atoms with Gasteiger partial charge in [-0.15, -0.1) is 11.8 Å². The molecule has 2 nitrogen and oxygen atoms in total. The third-order valence-electron chi connectivity index (χ3n) is 4.14. The minimum Gasteiger partial charge on any atom is -0.258 e. The van der Waals surface area contributed by atoms with E-state index in [0.29, 0.717) is 0 Å². The van der Waals surface area contributed by atoms with Crippen molar-refractivity contribution in [3.05, 3.63) is 65.4 Å². The van der Waals surface area contributed by atoms with Crippen molar-refractivity contribution in [2.75, 3.05) is 6.26 Å². The lowest BCUT2D eigenvalue weighted by Gasteiger charge is -2.14. The van der Waals surface area contributed by atoms with Crippen LogP contribution in [0.15, 0.2) is 58.4 Å². The summed E-state index contributed by atoms with van der Waals surface area (Å²) in [4.78, 5) is 10.9. The second-order valence-electron chi connectivity index (χ2n) is 6.09. The Kier molecular flexibility index (Phi) is 5.00. The van der Waals surface area contributed by atoms with Gasteiger partial charge in [0, 0.05) is 28.1 Å². The van der Waals surface area contributed by atoms with Gasteiger partial charge in [0.2, 0.25) is 0 Å². The molecular formula is C21H22N2S. The number of aromatic nitrogens is 1. The summed E-state index contributed by atoms with van der Waals surface area (Å²) in [6, 6.07) is 16.7. The molecule has 1 heterocycles. The van der Waals surface area contributed by atoms with E-state index in [1.54, 1.807) is 11.8 Å². The molecule has 0 amide bonds. The number of rotatable bonds is 4. The molecule has 0 saturated heterocycles. The number of pyridine rings is 1. The summed E-state index contributed by atoms with van der Waals surface area (Å²) in [5.74, 6) is 0. The quantitative estimate of drug-likeness (QED) is 0.438. The van der Waals surface area contributed by atoms with Crippen LogP contribution in [0.5, 0.6) is 0 Å². The van der Waals surface area contributed by atoms with Gasteiger partial charge in [-0.3, -0.25) is 9.98 Å². The molecular weight excluding hydrogens is 312 g/mol. The molecule has 0 atom stereocenters. The predicted octanol–water partition coefficient (Wildman–Crippen LogP) is 5.91. The standard InChI is InChI=1S/C21H22N2S/c1-14-9-11-17(12-10-14)22-15(2)13-19-16(3)23-20-8-6-5-7-18(20)21(19)24-4/h5-12H,13H2,1-4H3. The summed E-state index contributed by atoms with van der Waals surface area (Å²) in [6.45, 7) is 6.29. The van der Waals surface area contributed by atoms with Gasteiger partial charge >= 0.3 is 0 Å². The van der Waals surface area contributed by atoms with Crippen molar-refractivity contribution in [3.8, 4) is 0 Å². The second-order valence-corrected chi connectivity index (χ2v) is 6.90. The Labute approximate surface area is 148 Å². The van der Waals surface area contributed by atoms with Gasteiger partial charge in [0.15, 0.2) is 0 Å². The maximum atomic E-state index is 4.79. The Morgan fingerprint density at radius 3 is 2.46 bits per heavy atom. The van der Waals surface area contributed by atoms with Crippen molar-refractivity contribution >= 4 is 34.1 Å². The van der Waals surface area contributed by atoms with Crippen LogP contribution in [0.25, 0.3) is 10.9 Å². The molecule has 2 aromatic carbocycles. The normalized spacial score (nSPS) is 11.9. The lowest BCUT2D eigenvalue weighted by Crippen LogP contribution is -2.04. The largest absolute Gasteiger partial charge is 0.258 e. The summed E-state index contributed by atoms with van der Waals surface area (Å²) in [7, 11) is 0. The number of aryl methyl sites for hydroxylation is 2. The van der Waals surface area contributed by atoms with Gasteiger partial charge in [0.05, 0.1) is 11.2 Å². The average molecular weight is 334 g/mol. The smallest absolute Gasteiger partial charge is 0.0716 e. The van der Waals surface area contributed by atoms with Crippen molar-refractivity contribution in [3.63, 3.8) is 0 Å². The highest BCUT2D eigenvalue weighted by molar-refractivity contribution is 7.98. The Hall–Kier alpha value is -2.13. The molecule has 3 aromatic rings. The van der Waals surface area contributed by atoms with Crippen LogP contribution < -0.4 is 0 Å². The van der Waals surface area contributed by atoms with Crippen molar-refractivity contribution in [1.82, 2.24) is 4.98 Å². The van der Waals surface area contributed by atoms with E-state index in [1.165, 1.54) is 21.4 Å². The zero-order valence-corrected chi connectivity index (χ0v) is 15.4. The zero-order valence-electron chi connectivity index (χ0n) is 14.6. The third-order valence-corrected chi connectivity index (χ3v) is 5.01. The van der Waals surface area contributed by atoms with Gasteiger partial charge < -0.3 is 0 Å². The van der Waals surface area contributed by atoms with Crippen LogP contribution in [0.3, 0.4) is 0 Å². The summed E-state index contributed by atoms with van der Waals surface area (Å²) in [5.41, 5.74) is 6.82. The SMILES string of the molecule is CSc1c(CC(C)=Nc2ccc(C)cc2)c(C)nc2ccccc12. The molecule has 3 heteroatoms. The Balaban J connectivity index is 1.99. The van der Waals surface area contributed by atoms with Gasteiger partial charge in [0.1, 0.15) is 0 Å². The summed E-state index contributed by atoms with van der Waals surface area (Å²) in [5, 5.41) is 1.23. The maximum absolute atomic E-state index is 4.79. The van der Waals surface area contributed by atoms with Crippen molar-refractivity contribution < 1.29 is 0 Å². The number of aliphatic imine (C=N–C) groups is 1. The van der Waals surface area contributed by atoms with Gasteiger partial charge in [-0.25, -0.2) is 0 Å². The van der Waals surface area contributed by atoms with Crippen LogP contribution >= 0.6 is 11.8 Å². The molecule has 0 N–H and O–H groups in total. The van der Waals surface area contributed by atoms with Crippen LogP contribution in [0.1, 0.15) is 23.7 Å². The van der Waals surface area contributed by atoms with E-state index in [2.05, 4.69) is 69.5 Å². The van der Waals surface area contributed by atoms with Crippen molar-refractivity contribution in [2.45, 2.75) is 32.1 Å². The van der Waals surface area contributed by atoms with E-state index in [0.717, 1.165) is 29.0 Å². The van der Waals surface area contributed by atoms with E-state index in [1.807, 2.05) is 6.07 Å². The number of thioether (sulfide) groups is 1. The topological polar surface area (TPSA) is 25.2 Å². The first-order chi connectivity index (χ1) is 11.6. The number of para-hydroxylation sites is 1. The van der Waals surface area contributed by atoms with E-state index < -0.39 is 0 Å². The van der Waals surface area contributed by atoms with E-state index in [-0.39, 0.29) is 0 Å². The van der Waals surface area contributed by atoms with E-state index >= 15 is 0 Å².